The van der Waals surface area contributed by atoms with Gasteiger partial charge in [-0.25, -0.2) is 7.11 Å². The predicted octanol–water partition coefficient (Wildman–Crippen LogP) is -1.82. The Labute approximate surface area is 62.7 Å². The summed E-state index contributed by atoms with van der Waals surface area (Å²) in [4.78, 5) is 0. The van der Waals surface area contributed by atoms with E-state index in [1.807, 2.05) is 6.92 Å². The van der Waals surface area contributed by atoms with Gasteiger partial charge in [-0.3, -0.25) is 0 Å². The third kappa shape index (κ3) is 6.52. The molecule has 0 aromatic rings. The van der Waals surface area contributed by atoms with Gasteiger partial charge in [0.1, 0.15) is 6.29 Å². The minimum Gasteiger partial charge on any atom is -0.533 e. The zero-order chi connectivity index (χ0) is 5.70. The van der Waals surface area contributed by atoms with Gasteiger partial charge in [0.05, 0.1) is 0 Å². The van der Waals surface area contributed by atoms with Crippen LogP contribution >= 0.6 is 0 Å². The van der Waals surface area contributed by atoms with Crippen molar-refractivity contribution < 1.29 is 28.3 Å². The Kier molecular flexibility index (Phi) is 10.6. The zero-order valence-electron chi connectivity index (χ0n) is 5.81. The van der Waals surface area contributed by atoms with Gasteiger partial charge in [-0.15, -0.1) is 0 Å². The van der Waals surface area contributed by atoms with Crippen LogP contribution in [-0.2, 0) is 9.47 Å². The standard InChI is InChI=1S/C5H11O2.Li/c1-4-7-5(2)6-3;/h5H,3-4H2,1-2H3;/q-1;+1. The first-order chi connectivity index (χ1) is 3.31. The van der Waals surface area contributed by atoms with Gasteiger partial charge in [0.2, 0.25) is 0 Å². The summed E-state index contributed by atoms with van der Waals surface area (Å²) in [5, 5.41) is 0. The first-order valence-corrected chi connectivity index (χ1v) is 2.33. The number of hydrogen-bond donors (Lipinski definition) is 0. The van der Waals surface area contributed by atoms with Crippen molar-refractivity contribution >= 4 is 0 Å². The smallest absolute Gasteiger partial charge is 0.533 e. The zero-order valence-corrected chi connectivity index (χ0v) is 5.81. The van der Waals surface area contributed by atoms with Crippen molar-refractivity contribution in [2.24, 2.45) is 0 Å². The topological polar surface area (TPSA) is 18.5 Å². The van der Waals surface area contributed by atoms with E-state index in [9.17, 15) is 0 Å². The fraction of sp³-hybridized carbons (Fsp3) is 0.800. The second-order valence-corrected chi connectivity index (χ2v) is 1.19. The summed E-state index contributed by atoms with van der Waals surface area (Å²) < 4.78 is 9.42. The van der Waals surface area contributed by atoms with Gasteiger partial charge in [0.15, 0.2) is 0 Å². The number of hydrogen-bond acceptors (Lipinski definition) is 2. The molecule has 0 rings (SSSR count). The molecule has 0 aromatic carbocycles. The fourth-order valence-corrected chi connectivity index (χ4v) is 0.283. The maximum atomic E-state index is 4.91. The average Bonchev–Trinajstić information content (AvgIpc) is 1.68. The van der Waals surface area contributed by atoms with Crippen molar-refractivity contribution in [3.05, 3.63) is 7.11 Å². The molecule has 1 unspecified atom stereocenters. The largest absolute Gasteiger partial charge is 1.00 e. The Hall–Kier alpha value is 0.517. The third-order valence-corrected chi connectivity index (χ3v) is 0.636. The Bertz CT molecular complexity index is 41.4. The van der Waals surface area contributed by atoms with Gasteiger partial charge in [0, 0.05) is 6.61 Å². The van der Waals surface area contributed by atoms with Crippen LogP contribution in [0.5, 0.6) is 0 Å². The van der Waals surface area contributed by atoms with E-state index < -0.39 is 0 Å². The summed E-state index contributed by atoms with van der Waals surface area (Å²) >= 11 is 0. The molecule has 0 fully saturated rings. The summed E-state index contributed by atoms with van der Waals surface area (Å²) in [6.07, 6.45) is -0.162. The van der Waals surface area contributed by atoms with E-state index in [2.05, 4.69) is 11.8 Å². The Morgan fingerprint density at radius 3 is 2.25 bits per heavy atom. The Morgan fingerprint density at radius 1 is 1.62 bits per heavy atom. The van der Waals surface area contributed by atoms with E-state index in [1.54, 1.807) is 6.92 Å². The summed E-state index contributed by atoms with van der Waals surface area (Å²) in [7, 11) is 3.18. The van der Waals surface area contributed by atoms with Crippen LogP contribution in [0.4, 0.5) is 0 Å². The molecule has 0 radical (unpaired) electrons. The molecule has 3 heteroatoms. The molecule has 8 heavy (non-hydrogen) atoms. The van der Waals surface area contributed by atoms with Gasteiger partial charge < -0.3 is 9.47 Å². The maximum absolute atomic E-state index is 4.91. The van der Waals surface area contributed by atoms with Gasteiger partial charge in [-0.1, -0.05) is 0 Å². The SMILES string of the molecule is [CH2-]OC(C)OCC.[Li+]. The monoisotopic (exact) mass is 110 g/mol. The molecular weight excluding hydrogens is 99.0 g/mol. The molecule has 0 N–H and O–H groups in total. The van der Waals surface area contributed by atoms with Crippen LogP contribution in [0.2, 0.25) is 0 Å². The van der Waals surface area contributed by atoms with Crippen LogP contribution in [0, 0.1) is 7.11 Å². The van der Waals surface area contributed by atoms with E-state index in [4.69, 9.17) is 4.74 Å². The van der Waals surface area contributed by atoms with Crippen molar-refractivity contribution in [3.63, 3.8) is 0 Å². The van der Waals surface area contributed by atoms with E-state index in [0.717, 1.165) is 0 Å². The number of rotatable bonds is 3. The second-order valence-electron chi connectivity index (χ2n) is 1.19. The van der Waals surface area contributed by atoms with Crippen LogP contribution in [0.3, 0.4) is 0 Å². The molecule has 0 saturated carbocycles. The van der Waals surface area contributed by atoms with Crippen molar-refractivity contribution in [3.8, 4) is 0 Å². The van der Waals surface area contributed by atoms with E-state index in [0.29, 0.717) is 6.61 Å². The summed E-state index contributed by atoms with van der Waals surface area (Å²) in [5.74, 6) is 0. The van der Waals surface area contributed by atoms with Crippen LogP contribution in [0.15, 0.2) is 0 Å². The van der Waals surface area contributed by atoms with Crippen molar-refractivity contribution in [1.29, 1.82) is 0 Å². The molecule has 0 saturated heterocycles. The first kappa shape index (κ1) is 11.3. The molecule has 0 aliphatic heterocycles. The van der Waals surface area contributed by atoms with Crippen LogP contribution < -0.4 is 18.9 Å². The summed E-state index contributed by atoms with van der Waals surface area (Å²) in [5.41, 5.74) is 0. The van der Waals surface area contributed by atoms with Crippen molar-refractivity contribution in [1.82, 2.24) is 0 Å². The van der Waals surface area contributed by atoms with Crippen LogP contribution in [-0.4, -0.2) is 12.9 Å². The number of ether oxygens (including phenoxy) is 2. The average molecular weight is 110 g/mol. The molecule has 0 aliphatic rings. The molecule has 1 atom stereocenters. The fourth-order valence-electron chi connectivity index (χ4n) is 0.283. The van der Waals surface area contributed by atoms with Crippen molar-refractivity contribution in [2.45, 2.75) is 20.1 Å². The van der Waals surface area contributed by atoms with E-state index >= 15 is 0 Å². The van der Waals surface area contributed by atoms with Crippen LogP contribution in [0.25, 0.3) is 0 Å². The Morgan fingerprint density at radius 2 is 2.12 bits per heavy atom. The minimum atomic E-state index is -0.162. The molecule has 0 aromatic heterocycles. The van der Waals surface area contributed by atoms with E-state index in [-0.39, 0.29) is 25.2 Å². The molecule has 0 spiro atoms. The molecular formula is C5H11LiO2. The third-order valence-electron chi connectivity index (χ3n) is 0.636. The van der Waals surface area contributed by atoms with Crippen molar-refractivity contribution in [2.75, 3.05) is 6.61 Å². The predicted molar refractivity (Wildman–Crippen MR) is 27.5 cm³/mol. The van der Waals surface area contributed by atoms with E-state index in [1.165, 1.54) is 0 Å². The Balaban J connectivity index is 0. The summed E-state index contributed by atoms with van der Waals surface area (Å²) in [6.45, 7) is 4.39. The minimum absolute atomic E-state index is 0. The van der Waals surface area contributed by atoms with Gasteiger partial charge >= 0.3 is 18.9 Å². The molecule has 0 aliphatic carbocycles. The van der Waals surface area contributed by atoms with Gasteiger partial charge in [-0.05, 0) is 13.8 Å². The molecule has 44 valence electrons. The van der Waals surface area contributed by atoms with Gasteiger partial charge in [-0.2, -0.15) is 0 Å². The quantitative estimate of drug-likeness (QED) is 0.242. The summed E-state index contributed by atoms with van der Waals surface area (Å²) in [6, 6.07) is 0. The molecule has 0 bridgehead atoms. The van der Waals surface area contributed by atoms with Crippen LogP contribution in [0.1, 0.15) is 13.8 Å². The van der Waals surface area contributed by atoms with Gasteiger partial charge in [0.25, 0.3) is 0 Å². The normalized spacial score (nSPS) is 12.4. The second kappa shape index (κ2) is 7.52. The molecule has 0 heterocycles. The maximum Gasteiger partial charge on any atom is 1.00 e. The first-order valence-electron chi connectivity index (χ1n) is 2.33. The molecule has 2 nitrogen and oxygen atoms in total. The molecule has 0 amide bonds.